The first-order chi connectivity index (χ1) is 10.8. The van der Waals surface area contributed by atoms with Crippen LogP contribution in [-0.2, 0) is 17.6 Å². The maximum Gasteiger partial charge on any atom is 0.120 e. The van der Waals surface area contributed by atoms with Gasteiger partial charge in [0.25, 0.3) is 0 Å². The van der Waals surface area contributed by atoms with Crippen LogP contribution in [0.15, 0.2) is 24.3 Å². The van der Waals surface area contributed by atoms with Crippen molar-refractivity contribution in [2.24, 2.45) is 11.8 Å². The second-order valence-corrected chi connectivity index (χ2v) is 7.05. The topological polar surface area (TPSA) is 17.1 Å². The summed E-state index contributed by atoms with van der Waals surface area (Å²) < 4.78 is 0. The molecule has 0 spiro atoms. The molecule has 0 amide bonds. The molecule has 2 rings (SSSR count). The smallest absolute Gasteiger partial charge is 0.120 e. The van der Waals surface area contributed by atoms with Gasteiger partial charge in [-0.05, 0) is 48.6 Å². The Morgan fingerprint density at radius 3 is 2.09 bits per heavy atom. The monoisotopic (exact) mass is 300 g/mol. The zero-order chi connectivity index (χ0) is 15.6. The van der Waals surface area contributed by atoms with Gasteiger partial charge < -0.3 is 4.79 Å². The molecule has 0 saturated heterocycles. The van der Waals surface area contributed by atoms with Crippen LogP contribution in [0.25, 0.3) is 0 Å². The Hall–Kier alpha value is -1.11. The minimum absolute atomic E-state index is 0.770. The van der Waals surface area contributed by atoms with Crippen molar-refractivity contribution in [1.82, 2.24) is 0 Å². The third-order valence-corrected chi connectivity index (χ3v) is 5.42. The summed E-state index contributed by atoms with van der Waals surface area (Å²) in [6.45, 7) is 2.21. The molecule has 0 aromatic heterocycles. The third-order valence-electron chi connectivity index (χ3n) is 5.42. The lowest BCUT2D eigenvalue weighted by atomic mass is 9.78. The van der Waals surface area contributed by atoms with Gasteiger partial charge in [0.2, 0.25) is 0 Å². The van der Waals surface area contributed by atoms with E-state index in [0.717, 1.165) is 37.4 Å². The van der Waals surface area contributed by atoms with Crippen molar-refractivity contribution < 1.29 is 4.79 Å². The quantitative estimate of drug-likeness (QED) is 0.419. The summed E-state index contributed by atoms with van der Waals surface area (Å²) in [6, 6.07) is 9.15. The van der Waals surface area contributed by atoms with Crippen molar-refractivity contribution in [2.45, 2.75) is 77.6 Å². The summed E-state index contributed by atoms with van der Waals surface area (Å²) in [5.74, 6) is 1.79. The second-order valence-electron chi connectivity index (χ2n) is 7.05. The van der Waals surface area contributed by atoms with Crippen LogP contribution in [-0.4, -0.2) is 6.29 Å². The Balaban J connectivity index is 1.56. The summed E-state index contributed by atoms with van der Waals surface area (Å²) in [5, 5.41) is 0. The number of rotatable bonds is 9. The predicted octanol–water partition coefficient (Wildman–Crippen LogP) is 5.75. The lowest BCUT2D eigenvalue weighted by molar-refractivity contribution is -0.108. The van der Waals surface area contributed by atoms with E-state index in [1.807, 2.05) is 0 Å². The minimum Gasteiger partial charge on any atom is -0.303 e. The zero-order valence-corrected chi connectivity index (χ0v) is 14.2. The molecule has 0 aliphatic heterocycles. The van der Waals surface area contributed by atoms with Crippen LogP contribution in [0.2, 0.25) is 0 Å². The number of hydrogen-bond acceptors (Lipinski definition) is 1. The number of unbranched alkanes of at least 4 members (excludes halogenated alkanes) is 1. The van der Waals surface area contributed by atoms with E-state index in [0.29, 0.717) is 0 Å². The van der Waals surface area contributed by atoms with E-state index in [2.05, 4.69) is 31.2 Å². The average Bonchev–Trinajstić information content (AvgIpc) is 2.58. The van der Waals surface area contributed by atoms with Gasteiger partial charge in [-0.3, -0.25) is 0 Å². The van der Waals surface area contributed by atoms with Gasteiger partial charge in [-0.2, -0.15) is 0 Å². The molecule has 1 heteroatoms. The van der Waals surface area contributed by atoms with Crippen LogP contribution in [0.5, 0.6) is 0 Å². The van der Waals surface area contributed by atoms with Gasteiger partial charge in [-0.15, -0.1) is 0 Å². The highest BCUT2D eigenvalue weighted by molar-refractivity contribution is 5.49. The molecule has 0 bridgehead atoms. The van der Waals surface area contributed by atoms with E-state index in [4.69, 9.17) is 0 Å². The fourth-order valence-corrected chi connectivity index (χ4v) is 3.82. The Bertz CT molecular complexity index is 412. The Morgan fingerprint density at radius 1 is 0.909 bits per heavy atom. The first-order valence-corrected chi connectivity index (χ1v) is 9.33. The van der Waals surface area contributed by atoms with E-state index < -0.39 is 0 Å². The number of carbonyl (C=O) groups excluding carboxylic acids is 1. The molecule has 1 aliphatic carbocycles. The molecule has 1 nitrogen and oxygen atoms in total. The van der Waals surface area contributed by atoms with E-state index in [1.54, 1.807) is 0 Å². The van der Waals surface area contributed by atoms with Gasteiger partial charge in [-0.1, -0.05) is 69.7 Å². The maximum absolute atomic E-state index is 10.4. The highest BCUT2D eigenvalue weighted by Gasteiger charge is 2.20. The van der Waals surface area contributed by atoms with Crippen LogP contribution >= 0.6 is 0 Å². The van der Waals surface area contributed by atoms with Gasteiger partial charge in [0.15, 0.2) is 0 Å². The molecule has 0 heterocycles. The van der Waals surface area contributed by atoms with E-state index in [-0.39, 0.29) is 0 Å². The van der Waals surface area contributed by atoms with Crippen molar-refractivity contribution in [1.29, 1.82) is 0 Å². The molecular formula is C21H32O. The molecule has 1 saturated carbocycles. The molecule has 1 fully saturated rings. The Labute approximate surface area is 136 Å². The van der Waals surface area contributed by atoms with Gasteiger partial charge in [0.05, 0.1) is 0 Å². The first kappa shape index (κ1) is 17.2. The van der Waals surface area contributed by atoms with Crippen molar-refractivity contribution in [3.05, 3.63) is 35.4 Å². The van der Waals surface area contributed by atoms with Gasteiger partial charge in [-0.25, -0.2) is 0 Å². The number of benzene rings is 1. The lowest BCUT2D eigenvalue weighted by Crippen LogP contribution is -2.14. The lowest BCUT2D eigenvalue weighted by Gasteiger charge is -2.28. The van der Waals surface area contributed by atoms with Crippen molar-refractivity contribution in [3.8, 4) is 0 Å². The van der Waals surface area contributed by atoms with Gasteiger partial charge in [0, 0.05) is 6.42 Å². The average molecular weight is 300 g/mol. The normalized spacial score (nSPS) is 21.7. The highest BCUT2D eigenvalue weighted by Crippen LogP contribution is 2.34. The van der Waals surface area contributed by atoms with Gasteiger partial charge >= 0.3 is 0 Å². The van der Waals surface area contributed by atoms with E-state index in [9.17, 15) is 4.79 Å². The predicted molar refractivity (Wildman–Crippen MR) is 94.1 cm³/mol. The fraction of sp³-hybridized carbons (Fsp3) is 0.667. The van der Waals surface area contributed by atoms with Crippen LogP contribution in [0.1, 0.15) is 75.8 Å². The van der Waals surface area contributed by atoms with Crippen LogP contribution in [0.3, 0.4) is 0 Å². The zero-order valence-electron chi connectivity index (χ0n) is 14.2. The Morgan fingerprint density at radius 2 is 1.50 bits per heavy atom. The number of aryl methyl sites for hydroxylation is 2. The molecule has 0 N–H and O–H groups in total. The molecule has 1 aromatic carbocycles. The highest BCUT2D eigenvalue weighted by atomic mass is 16.1. The molecule has 0 atom stereocenters. The largest absolute Gasteiger partial charge is 0.303 e. The number of aldehydes is 1. The van der Waals surface area contributed by atoms with Gasteiger partial charge in [0.1, 0.15) is 6.29 Å². The summed E-state index contributed by atoms with van der Waals surface area (Å²) in [6.07, 6.45) is 15.0. The van der Waals surface area contributed by atoms with E-state index >= 15 is 0 Å². The molecule has 1 aromatic rings. The van der Waals surface area contributed by atoms with Crippen LogP contribution in [0, 0.1) is 11.8 Å². The van der Waals surface area contributed by atoms with E-state index in [1.165, 1.54) is 62.5 Å². The number of carbonyl (C=O) groups is 1. The molecule has 0 radical (unpaired) electrons. The number of hydrogen-bond donors (Lipinski definition) is 0. The Kier molecular flexibility index (Phi) is 7.70. The summed E-state index contributed by atoms with van der Waals surface area (Å²) in [5.41, 5.74) is 2.94. The van der Waals surface area contributed by atoms with Crippen LogP contribution in [0.4, 0.5) is 0 Å². The summed E-state index contributed by atoms with van der Waals surface area (Å²) >= 11 is 0. The SMILES string of the molecule is CCc1ccc(CCCC[C@H]2CC[C@H](CCC=O)CC2)cc1. The molecule has 0 unspecified atom stereocenters. The maximum atomic E-state index is 10.4. The first-order valence-electron chi connectivity index (χ1n) is 9.33. The minimum atomic E-state index is 0.770. The fourth-order valence-electron chi connectivity index (χ4n) is 3.82. The summed E-state index contributed by atoms with van der Waals surface area (Å²) in [7, 11) is 0. The summed E-state index contributed by atoms with van der Waals surface area (Å²) in [4.78, 5) is 10.4. The molecular weight excluding hydrogens is 268 g/mol. The van der Waals surface area contributed by atoms with Crippen molar-refractivity contribution in [2.75, 3.05) is 0 Å². The molecule has 122 valence electrons. The standard InChI is InChI=1S/C21H32O/c1-2-18-9-11-19(12-10-18)6-3-4-7-20-13-15-21(16-14-20)8-5-17-22/h9-12,17,20-21H,2-8,13-16H2,1H3/t20-,21-. The van der Waals surface area contributed by atoms with Crippen molar-refractivity contribution >= 4 is 6.29 Å². The van der Waals surface area contributed by atoms with Crippen molar-refractivity contribution in [3.63, 3.8) is 0 Å². The third kappa shape index (κ3) is 5.94. The van der Waals surface area contributed by atoms with Crippen LogP contribution < -0.4 is 0 Å². The molecule has 22 heavy (non-hydrogen) atoms. The second kappa shape index (κ2) is 9.82. The molecule has 1 aliphatic rings.